The van der Waals surface area contributed by atoms with Crippen molar-refractivity contribution in [1.82, 2.24) is 4.90 Å². The molecule has 0 unspecified atom stereocenters. The van der Waals surface area contributed by atoms with Crippen molar-refractivity contribution >= 4 is 36.1 Å². The van der Waals surface area contributed by atoms with Crippen LogP contribution in [0.5, 0.6) is 0 Å². The van der Waals surface area contributed by atoms with Gasteiger partial charge in [-0.2, -0.15) is 0 Å². The van der Waals surface area contributed by atoms with Gasteiger partial charge in [0.1, 0.15) is 0 Å². The van der Waals surface area contributed by atoms with Gasteiger partial charge in [-0.3, -0.25) is 4.90 Å². The van der Waals surface area contributed by atoms with Crippen LogP contribution in [0, 0.1) is 0 Å². The van der Waals surface area contributed by atoms with Crippen LogP contribution in [0.15, 0.2) is 18.2 Å². The summed E-state index contributed by atoms with van der Waals surface area (Å²) in [6.07, 6.45) is 0. The maximum Gasteiger partial charge on any atom is 0.152 e. The minimum Gasteiger partial charge on any atom is -0.297 e. The van der Waals surface area contributed by atoms with E-state index in [9.17, 15) is 8.42 Å². The molecule has 0 saturated carbocycles. The first-order valence-corrected chi connectivity index (χ1v) is 8.49. The van der Waals surface area contributed by atoms with Crippen LogP contribution in [0.2, 0.25) is 5.02 Å². The standard InChI is InChI=1S/C12H15ClNO2PS/c13-12-2-1-10(9-17)7-11(12)8-14-3-5-18(15,16)6-4-14/h1-2,7,9,17H,3-6,8H2. The molecule has 0 N–H and O–H groups in total. The molecule has 0 atom stereocenters. The van der Waals surface area contributed by atoms with Crippen LogP contribution in [0.25, 0.3) is 0 Å². The van der Waals surface area contributed by atoms with Crippen LogP contribution in [-0.4, -0.2) is 43.7 Å². The number of halogens is 1. The van der Waals surface area contributed by atoms with Gasteiger partial charge < -0.3 is 0 Å². The van der Waals surface area contributed by atoms with Gasteiger partial charge in [-0.1, -0.05) is 17.7 Å². The van der Waals surface area contributed by atoms with Gasteiger partial charge in [0, 0.05) is 24.7 Å². The fourth-order valence-corrected chi connectivity index (χ4v) is 3.59. The molecule has 0 radical (unpaired) electrons. The van der Waals surface area contributed by atoms with E-state index in [-0.39, 0.29) is 11.5 Å². The first kappa shape index (κ1) is 14.0. The quantitative estimate of drug-likeness (QED) is 0.800. The fraction of sp³-hybridized carbons (Fsp3) is 0.417. The largest absolute Gasteiger partial charge is 0.297 e. The molecule has 1 saturated heterocycles. The summed E-state index contributed by atoms with van der Waals surface area (Å²) in [6.45, 7) is 1.86. The smallest absolute Gasteiger partial charge is 0.152 e. The normalized spacial score (nSPS) is 19.6. The summed E-state index contributed by atoms with van der Waals surface area (Å²) in [7, 11) is 0.524. The maximum absolute atomic E-state index is 11.4. The molecule has 2 rings (SSSR count). The van der Waals surface area contributed by atoms with E-state index in [0.29, 0.717) is 19.6 Å². The summed E-state index contributed by atoms with van der Waals surface area (Å²) < 4.78 is 22.7. The topological polar surface area (TPSA) is 37.4 Å². The predicted octanol–water partition coefficient (Wildman–Crippen LogP) is 1.86. The number of hydrogen-bond acceptors (Lipinski definition) is 3. The number of benzene rings is 1. The summed E-state index contributed by atoms with van der Waals surface area (Å²) in [5, 5.41) is 0.723. The van der Waals surface area contributed by atoms with Gasteiger partial charge in [-0.15, -0.1) is 8.86 Å². The van der Waals surface area contributed by atoms with Crippen LogP contribution in [0.3, 0.4) is 0 Å². The van der Waals surface area contributed by atoms with Crippen LogP contribution >= 0.6 is 20.5 Å². The van der Waals surface area contributed by atoms with Crippen LogP contribution in [-0.2, 0) is 16.4 Å². The minimum atomic E-state index is -2.82. The molecule has 0 spiro atoms. The number of rotatable bonds is 3. The molecule has 98 valence electrons. The molecule has 18 heavy (non-hydrogen) atoms. The van der Waals surface area contributed by atoms with Gasteiger partial charge in [0.05, 0.1) is 11.5 Å². The molecule has 0 bridgehead atoms. The summed E-state index contributed by atoms with van der Waals surface area (Å²) in [5.41, 5.74) is 2.08. The highest BCUT2D eigenvalue weighted by Crippen LogP contribution is 2.20. The molecule has 0 aliphatic carbocycles. The third kappa shape index (κ3) is 3.55. The molecular formula is C12H15ClNO2PS. The molecule has 1 heterocycles. The lowest BCUT2D eigenvalue weighted by atomic mass is 10.1. The average molecular weight is 304 g/mol. The SMILES string of the molecule is O=S1(=O)CCN(Cc2cc(C=P)ccc2Cl)CC1. The Kier molecular flexibility index (Phi) is 4.44. The second-order valence-electron chi connectivity index (χ2n) is 4.42. The molecule has 6 heteroatoms. The Morgan fingerprint density at radius 2 is 2.00 bits per heavy atom. The lowest BCUT2D eigenvalue weighted by Gasteiger charge is -2.26. The third-order valence-corrected chi connectivity index (χ3v) is 5.38. The summed E-state index contributed by atoms with van der Waals surface area (Å²) in [5.74, 6) is 2.32. The Labute approximate surface area is 115 Å². The highest BCUT2D eigenvalue weighted by molar-refractivity contribution is 7.91. The zero-order chi connectivity index (χ0) is 13.2. The van der Waals surface area contributed by atoms with E-state index < -0.39 is 9.84 Å². The molecule has 3 nitrogen and oxygen atoms in total. The van der Waals surface area contributed by atoms with Gasteiger partial charge in [0.2, 0.25) is 0 Å². The number of nitrogens with zero attached hydrogens (tertiary/aromatic N) is 1. The van der Waals surface area contributed by atoms with Crippen LogP contribution < -0.4 is 0 Å². The van der Waals surface area contributed by atoms with E-state index in [0.717, 1.165) is 16.1 Å². The van der Waals surface area contributed by atoms with E-state index in [1.54, 1.807) is 0 Å². The molecule has 0 aromatic heterocycles. The molecule has 0 amide bonds. The second kappa shape index (κ2) is 5.70. The lowest BCUT2D eigenvalue weighted by Crippen LogP contribution is -2.39. The summed E-state index contributed by atoms with van der Waals surface area (Å²) >= 11 is 6.15. The maximum atomic E-state index is 11.4. The Bertz CT molecular complexity index is 545. The lowest BCUT2D eigenvalue weighted by molar-refractivity contribution is 0.288. The van der Waals surface area contributed by atoms with Crippen molar-refractivity contribution in [2.24, 2.45) is 0 Å². The Balaban J connectivity index is 2.08. The molecule has 1 aliphatic heterocycles. The first-order chi connectivity index (χ1) is 8.50. The van der Waals surface area contributed by atoms with Crippen molar-refractivity contribution in [3.8, 4) is 0 Å². The van der Waals surface area contributed by atoms with Crippen molar-refractivity contribution in [3.63, 3.8) is 0 Å². The van der Waals surface area contributed by atoms with E-state index in [1.165, 1.54) is 0 Å². The van der Waals surface area contributed by atoms with E-state index in [2.05, 4.69) is 13.8 Å². The van der Waals surface area contributed by atoms with Gasteiger partial charge in [0.15, 0.2) is 9.84 Å². The molecule has 1 fully saturated rings. The Morgan fingerprint density at radius 3 is 2.61 bits per heavy atom. The average Bonchev–Trinajstić information content (AvgIpc) is 2.34. The molecule has 1 aromatic carbocycles. The Hall–Kier alpha value is -0.410. The van der Waals surface area contributed by atoms with Gasteiger partial charge in [-0.05, 0) is 29.1 Å². The van der Waals surface area contributed by atoms with Crippen LogP contribution in [0.1, 0.15) is 11.1 Å². The van der Waals surface area contributed by atoms with Crippen LogP contribution in [0.4, 0.5) is 0 Å². The monoisotopic (exact) mass is 303 g/mol. The van der Waals surface area contributed by atoms with Gasteiger partial charge in [-0.25, -0.2) is 8.42 Å². The minimum absolute atomic E-state index is 0.245. The summed E-state index contributed by atoms with van der Waals surface area (Å²) in [6, 6.07) is 5.81. The highest BCUT2D eigenvalue weighted by atomic mass is 35.5. The van der Waals surface area contributed by atoms with E-state index in [1.807, 2.05) is 24.0 Å². The highest BCUT2D eigenvalue weighted by Gasteiger charge is 2.21. The van der Waals surface area contributed by atoms with Crippen molar-refractivity contribution < 1.29 is 8.42 Å². The predicted molar refractivity (Wildman–Crippen MR) is 78.9 cm³/mol. The fourth-order valence-electron chi connectivity index (χ4n) is 1.95. The molecule has 1 aromatic rings. The second-order valence-corrected chi connectivity index (χ2v) is 7.42. The van der Waals surface area contributed by atoms with Gasteiger partial charge >= 0.3 is 0 Å². The zero-order valence-corrected chi connectivity index (χ0v) is 12.5. The van der Waals surface area contributed by atoms with Crippen molar-refractivity contribution in [2.45, 2.75) is 6.54 Å². The first-order valence-electron chi connectivity index (χ1n) is 5.72. The molecular weight excluding hydrogens is 289 g/mol. The number of hydrogen-bond donors (Lipinski definition) is 0. The van der Waals surface area contributed by atoms with Crippen molar-refractivity contribution in [2.75, 3.05) is 24.6 Å². The number of sulfone groups is 1. The molecule has 1 aliphatic rings. The summed E-state index contributed by atoms with van der Waals surface area (Å²) in [4.78, 5) is 2.12. The zero-order valence-electron chi connectivity index (χ0n) is 9.89. The van der Waals surface area contributed by atoms with Crippen molar-refractivity contribution in [1.29, 1.82) is 0 Å². The van der Waals surface area contributed by atoms with Gasteiger partial charge in [0.25, 0.3) is 0 Å². The van der Waals surface area contributed by atoms with E-state index >= 15 is 0 Å². The third-order valence-electron chi connectivity index (χ3n) is 3.07. The Morgan fingerprint density at radius 1 is 1.33 bits per heavy atom. The van der Waals surface area contributed by atoms with E-state index in [4.69, 9.17) is 11.6 Å². The van der Waals surface area contributed by atoms with Crippen molar-refractivity contribution in [3.05, 3.63) is 34.3 Å².